The topological polar surface area (TPSA) is 47.6 Å². The van der Waals surface area contributed by atoms with E-state index in [0.29, 0.717) is 12.5 Å². The van der Waals surface area contributed by atoms with Gasteiger partial charge in [-0.3, -0.25) is 4.79 Å². The van der Waals surface area contributed by atoms with Gasteiger partial charge < -0.3 is 14.8 Å². The van der Waals surface area contributed by atoms with E-state index in [1.165, 1.54) is 7.11 Å². The SMILES string of the molecule is CCOCC(C)NCCSCCC(=O)OC. The molecule has 0 aromatic carbocycles. The van der Waals surface area contributed by atoms with Gasteiger partial charge in [-0.05, 0) is 13.8 Å². The van der Waals surface area contributed by atoms with Crippen molar-refractivity contribution >= 4 is 17.7 Å². The third kappa shape index (κ3) is 10.3. The zero-order valence-electron chi connectivity index (χ0n) is 10.5. The van der Waals surface area contributed by atoms with Gasteiger partial charge in [-0.25, -0.2) is 0 Å². The van der Waals surface area contributed by atoms with Crippen LogP contribution < -0.4 is 5.32 Å². The highest BCUT2D eigenvalue weighted by Gasteiger charge is 2.01. The van der Waals surface area contributed by atoms with Gasteiger partial charge in [-0.15, -0.1) is 0 Å². The summed E-state index contributed by atoms with van der Waals surface area (Å²) in [4.78, 5) is 10.8. The average molecular weight is 249 g/mol. The van der Waals surface area contributed by atoms with Crippen LogP contribution in [0, 0.1) is 0 Å². The molecule has 5 heteroatoms. The Labute approximate surface area is 102 Å². The third-order valence-corrected chi connectivity index (χ3v) is 2.97. The van der Waals surface area contributed by atoms with Gasteiger partial charge in [0.1, 0.15) is 0 Å². The maximum absolute atomic E-state index is 10.8. The fourth-order valence-electron chi connectivity index (χ4n) is 1.09. The standard InChI is InChI=1S/C11H23NO3S/c1-4-15-9-10(2)12-6-8-16-7-5-11(13)14-3/h10,12H,4-9H2,1-3H3. The van der Waals surface area contributed by atoms with Crippen molar-refractivity contribution in [2.45, 2.75) is 26.3 Å². The molecule has 0 spiro atoms. The first-order valence-electron chi connectivity index (χ1n) is 5.66. The summed E-state index contributed by atoms with van der Waals surface area (Å²) in [6.07, 6.45) is 0.496. The first-order chi connectivity index (χ1) is 7.70. The van der Waals surface area contributed by atoms with E-state index >= 15 is 0 Å². The summed E-state index contributed by atoms with van der Waals surface area (Å²) in [5, 5.41) is 3.36. The molecule has 96 valence electrons. The molecule has 0 radical (unpaired) electrons. The lowest BCUT2D eigenvalue weighted by Crippen LogP contribution is -2.32. The van der Waals surface area contributed by atoms with Gasteiger partial charge in [0.15, 0.2) is 0 Å². The highest BCUT2D eigenvalue weighted by Crippen LogP contribution is 2.02. The van der Waals surface area contributed by atoms with Crippen LogP contribution in [-0.2, 0) is 14.3 Å². The molecule has 16 heavy (non-hydrogen) atoms. The highest BCUT2D eigenvalue weighted by molar-refractivity contribution is 7.99. The fourth-order valence-corrected chi connectivity index (χ4v) is 1.87. The average Bonchev–Trinajstić information content (AvgIpc) is 2.30. The van der Waals surface area contributed by atoms with Crippen LogP contribution in [0.4, 0.5) is 0 Å². The lowest BCUT2D eigenvalue weighted by molar-refractivity contribution is -0.140. The van der Waals surface area contributed by atoms with Crippen LogP contribution in [0.2, 0.25) is 0 Å². The second-order valence-electron chi connectivity index (χ2n) is 3.45. The molecule has 1 N–H and O–H groups in total. The molecule has 0 saturated heterocycles. The molecule has 0 rings (SSSR count). The first-order valence-corrected chi connectivity index (χ1v) is 6.81. The summed E-state index contributed by atoms with van der Waals surface area (Å²) in [5.41, 5.74) is 0. The Kier molecular flexibility index (Phi) is 11.0. The summed E-state index contributed by atoms with van der Waals surface area (Å²) in [7, 11) is 1.42. The zero-order chi connectivity index (χ0) is 12.2. The van der Waals surface area contributed by atoms with Crippen LogP contribution in [0.15, 0.2) is 0 Å². The maximum atomic E-state index is 10.8. The Morgan fingerprint density at radius 2 is 2.19 bits per heavy atom. The van der Waals surface area contributed by atoms with E-state index in [1.54, 1.807) is 11.8 Å². The molecule has 1 unspecified atom stereocenters. The van der Waals surface area contributed by atoms with Crippen LogP contribution in [0.25, 0.3) is 0 Å². The van der Waals surface area contributed by atoms with E-state index in [1.807, 2.05) is 6.92 Å². The monoisotopic (exact) mass is 249 g/mol. The molecule has 0 saturated carbocycles. The number of carbonyl (C=O) groups is 1. The lowest BCUT2D eigenvalue weighted by atomic mass is 10.3. The Morgan fingerprint density at radius 3 is 2.81 bits per heavy atom. The quantitative estimate of drug-likeness (QED) is 0.467. The Morgan fingerprint density at radius 1 is 1.44 bits per heavy atom. The van der Waals surface area contributed by atoms with Crippen molar-refractivity contribution < 1.29 is 14.3 Å². The summed E-state index contributed by atoms with van der Waals surface area (Å²) < 4.78 is 9.84. The van der Waals surface area contributed by atoms with Crippen LogP contribution >= 0.6 is 11.8 Å². The van der Waals surface area contributed by atoms with Crippen LogP contribution in [0.1, 0.15) is 20.3 Å². The molecule has 4 nitrogen and oxygen atoms in total. The van der Waals surface area contributed by atoms with Crippen molar-refractivity contribution in [2.75, 3.05) is 38.4 Å². The van der Waals surface area contributed by atoms with Crippen molar-refractivity contribution in [1.82, 2.24) is 5.32 Å². The van der Waals surface area contributed by atoms with Gasteiger partial charge in [-0.2, -0.15) is 11.8 Å². The number of thioether (sulfide) groups is 1. The van der Waals surface area contributed by atoms with E-state index in [0.717, 1.165) is 31.3 Å². The predicted octanol–water partition coefficient (Wildman–Crippen LogP) is 1.30. The van der Waals surface area contributed by atoms with Gasteiger partial charge in [-0.1, -0.05) is 0 Å². The molecule has 0 aliphatic rings. The molecule has 0 bridgehead atoms. The van der Waals surface area contributed by atoms with Crippen molar-refractivity contribution in [3.8, 4) is 0 Å². The molecular formula is C11H23NO3S. The van der Waals surface area contributed by atoms with Gasteiger partial charge in [0.05, 0.1) is 20.1 Å². The van der Waals surface area contributed by atoms with Crippen LogP contribution in [-0.4, -0.2) is 50.4 Å². The summed E-state index contributed by atoms with van der Waals surface area (Å²) in [6.45, 7) is 6.56. The van der Waals surface area contributed by atoms with Gasteiger partial charge >= 0.3 is 5.97 Å². The second-order valence-corrected chi connectivity index (χ2v) is 4.68. The fraction of sp³-hybridized carbons (Fsp3) is 0.909. The molecule has 0 aliphatic carbocycles. The minimum atomic E-state index is -0.134. The van der Waals surface area contributed by atoms with Crippen molar-refractivity contribution in [2.24, 2.45) is 0 Å². The normalized spacial score (nSPS) is 12.4. The smallest absolute Gasteiger partial charge is 0.306 e. The second kappa shape index (κ2) is 11.2. The number of hydrogen-bond donors (Lipinski definition) is 1. The van der Waals surface area contributed by atoms with Crippen LogP contribution in [0.5, 0.6) is 0 Å². The summed E-state index contributed by atoms with van der Waals surface area (Å²) in [6, 6.07) is 0.390. The number of nitrogens with one attached hydrogen (secondary N) is 1. The Balaban J connectivity index is 3.17. The predicted molar refractivity (Wildman–Crippen MR) is 67.9 cm³/mol. The number of hydrogen-bond acceptors (Lipinski definition) is 5. The van der Waals surface area contributed by atoms with Crippen LogP contribution in [0.3, 0.4) is 0 Å². The largest absolute Gasteiger partial charge is 0.469 e. The Bertz CT molecular complexity index is 179. The van der Waals surface area contributed by atoms with Gasteiger partial charge in [0, 0.05) is 30.7 Å². The molecule has 0 aromatic rings. The molecule has 0 amide bonds. The number of ether oxygens (including phenoxy) is 2. The molecule has 0 aromatic heterocycles. The molecule has 0 aliphatic heterocycles. The van der Waals surface area contributed by atoms with E-state index in [4.69, 9.17) is 4.74 Å². The maximum Gasteiger partial charge on any atom is 0.306 e. The molecule has 0 heterocycles. The van der Waals surface area contributed by atoms with E-state index in [2.05, 4.69) is 17.0 Å². The highest BCUT2D eigenvalue weighted by atomic mass is 32.2. The Hall–Kier alpha value is -0.260. The molecule has 0 fully saturated rings. The van der Waals surface area contributed by atoms with Crippen molar-refractivity contribution in [3.63, 3.8) is 0 Å². The summed E-state index contributed by atoms with van der Waals surface area (Å²) >= 11 is 1.76. The molecule has 1 atom stereocenters. The van der Waals surface area contributed by atoms with Gasteiger partial charge in [0.25, 0.3) is 0 Å². The van der Waals surface area contributed by atoms with E-state index < -0.39 is 0 Å². The van der Waals surface area contributed by atoms with Crippen molar-refractivity contribution in [1.29, 1.82) is 0 Å². The number of carbonyl (C=O) groups excluding carboxylic acids is 1. The molecular weight excluding hydrogens is 226 g/mol. The number of rotatable bonds is 10. The minimum Gasteiger partial charge on any atom is -0.469 e. The minimum absolute atomic E-state index is 0.134. The first kappa shape index (κ1) is 15.7. The third-order valence-electron chi connectivity index (χ3n) is 1.99. The number of methoxy groups -OCH3 is 1. The van der Waals surface area contributed by atoms with E-state index in [9.17, 15) is 4.79 Å². The van der Waals surface area contributed by atoms with E-state index in [-0.39, 0.29) is 5.97 Å². The zero-order valence-corrected chi connectivity index (χ0v) is 11.3. The summed E-state index contributed by atoms with van der Waals surface area (Å²) in [5.74, 6) is 1.70. The number of esters is 1. The van der Waals surface area contributed by atoms with Crippen molar-refractivity contribution in [3.05, 3.63) is 0 Å². The van der Waals surface area contributed by atoms with Gasteiger partial charge in [0.2, 0.25) is 0 Å². The lowest BCUT2D eigenvalue weighted by Gasteiger charge is -2.12.